The summed E-state index contributed by atoms with van der Waals surface area (Å²) in [6, 6.07) is 19.2. The van der Waals surface area contributed by atoms with Crippen molar-refractivity contribution in [3.05, 3.63) is 71.8 Å². The van der Waals surface area contributed by atoms with Crippen LogP contribution in [0.15, 0.2) is 65.7 Å². The van der Waals surface area contributed by atoms with Crippen LogP contribution in [0.3, 0.4) is 0 Å². The fraction of sp³-hybridized carbons (Fsp3) is 0.350. The third kappa shape index (κ3) is 2.89. The number of aliphatic imine (C=N–C) groups is 1. The molecule has 1 aliphatic heterocycles. The van der Waals surface area contributed by atoms with Crippen LogP contribution in [0.25, 0.3) is 0 Å². The van der Waals surface area contributed by atoms with Crippen molar-refractivity contribution in [1.29, 1.82) is 0 Å². The molecule has 1 heterocycles. The van der Waals surface area contributed by atoms with Crippen molar-refractivity contribution >= 4 is 5.90 Å². The molecule has 2 aromatic rings. The minimum absolute atomic E-state index is 0.00393. The molecule has 2 aromatic carbocycles. The monoisotopic (exact) mass is 309 g/mol. The molecule has 0 aliphatic carbocycles. The first-order chi connectivity index (χ1) is 10.9. The lowest BCUT2D eigenvalue weighted by Gasteiger charge is -2.28. The lowest BCUT2D eigenvalue weighted by atomic mass is 9.85. The number of ether oxygens (including phenoxy) is 1. The number of nitrogens with zero attached hydrogens (tertiary/aromatic N) is 1. The Balaban J connectivity index is 2.11. The molecule has 1 aliphatic rings. The molecule has 0 saturated carbocycles. The van der Waals surface area contributed by atoms with Crippen LogP contribution in [0.5, 0.6) is 0 Å². The highest BCUT2D eigenvalue weighted by atomic mass is 16.5. The van der Waals surface area contributed by atoms with Gasteiger partial charge in [0.05, 0.1) is 6.04 Å². The maximum absolute atomic E-state index is 11.6. The molecular weight excluding hydrogens is 286 g/mol. The second-order valence-electron chi connectivity index (χ2n) is 7.07. The number of hydrogen-bond acceptors (Lipinski definition) is 3. The zero-order valence-corrected chi connectivity index (χ0v) is 13.9. The van der Waals surface area contributed by atoms with Crippen LogP contribution in [0.1, 0.15) is 31.9 Å². The molecule has 3 nitrogen and oxygen atoms in total. The summed E-state index contributed by atoms with van der Waals surface area (Å²) in [6.07, 6.45) is 0. The van der Waals surface area contributed by atoms with Gasteiger partial charge >= 0.3 is 0 Å². The van der Waals surface area contributed by atoms with Gasteiger partial charge in [-0.3, -0.25) is 0 Å². The smallest absolute Gasteiger partial charge is 0.226 e. The first kappa shape index (κ1) is 15.8. The molecule has 3 rings (SSSR count). The van der Waals surface area contributed by atoms with E-state index in [9.17, 15) is 5.11 Å². The van der Waals surface area contributed by atoms with Crippen molar-refractivity contribution in [3.8, 4) is 0 Å². The molecule has 0 unspecified atom stereocenters. The number of benzene rings is 2. The van der Waals surface area contributed by atoms with E-state index >= 15 is 0 Å². The average Bonchev–Trinajstić information content (AvgIpc) is 3.06. The van der Waals surface area contributed by atoms with E-state index < -0.39 is 5.60 Å². The van der Waals surface area contributed by atoms with Crippen molar-refractivity contribution < 1.29 is 9.84 Å². The van der Waals surface area contributed by atoms with Gasteiger partial charge in [-0.15, -0.1) is 0 Å². The van der Waals surface area contributed by atoms with Crippen molar-refractivity contribution in [2.75, 3.05) is 6.61 Å². The first-order valence-electron chi connectivity index (χ1n) is 7.97. The maximum atomic E-state index is 11.6. The molecule has 1 atom stereocenters. The summed E-state index contributed by atoms with van der Waals surface area (Å²) in [6.45, 7) is 6.91. The maximum Gasteiger partial charge on any atom is 0.226 e. The van der Waals surface area contributed by atoms with E-state index in [4.69, 9.17) is 9.73 Å². The Morgan fingerprint density at radius 1 is 0.913 bits per heavy atom. The highest BCUT2D eigenvalue weighted by Crippen LogP contribution is 2.36. The molecule has 0 saturated heterocycles. The normalized spacial score (nSPS) is 18.4. The van der Waals surface area contributed by atoms with Gasteiger partial charge in [0.1, 0.15) is 6.61 Å². The van der Waals surface area contributed by atoms with Gasteiger partial charge in [-0.2, -0.15) is 0 Å². The molecule has 23 heavy (non-hydrogen) atoms. The summed E-state index contributed by atoms with van der Waals surface area (Å²) in [7, 11) is 0. The average molecular weight is 309 g/mol. The Morgan fingerprint density at radius 2 is 1.39 bits per heavy atom. The van der Waals surface area contributed by atoms with Crippen LogP contribution in [0.2, 0.25) is 0 Å². The van der Waals surface area contributed by atoms with Crippen LogP contribution in [-0.4, -0.2) is 23.7 Å². The third-order valence-electron chi connectivity index (χ3n) is 4.34. The SMILES string of the molecule is CC(C)(C)[C@H]1COC(C(O)(c2ccccc2)c2ccccc2)=N1. The molecule has 0 amide bonds. The number of aliphatic hydroxyl groups is 1. The standard InChI is InChI=1S/C20H23NO2/c1-19(2,3)17-14-23-18(21-17)20(22,15-10-6-4-7-11-15)16-12-8-5-9-13-16/h4-13,17,22H,14H2,1-3H3/t17-/m1/s1. The van der Waals surface area contributed by atoms with Crippen molar-refractivity contribution in [1.82, 2.24) is 0 Å². The van der Waals surface area contributed by atoms with E-state index in [1.807, 2.05) is 60.7 Å². The summed E-state index contributed by atoms with van der Waals surface area (Å²) < 4.78 is 5.87. The largest absolute Gasteiger partial charge is 0.476 e. The topological polar surface area (TPSA) is 41.8 Å². The molecule has 0 spiro atoms. The highest BCUT2D eigenvalue weighted by Gasteiger charge is 2.44. The minimum Gasteiger partial charge on any atom is -0.476 e. The zero-order chi connectivity index (χ0) is 16.5. The Labute approximate surface area is 137 Å². The quantitative estimate of drug-likeness (QED) is 0.938. The molecule has 120 valence electrons. The molecule has 0 radical (unpaired) electrons. The van der Waals surface area contributed by atoms with Gasteiger partial charge in [0.2, 0.25) is 5.90 Å². The van der Waals surface area contributed by atoms with Crippen LogP contribution < -0.4 is 0 Å². The van der Waals surface area contributed by atoms with Gasteiger partial charge in [-0.1, -0.05) is 81.4 Å². The van der Waals surface area contributed by atoms with Crippen LogP contribution in [0, 0.1) is 5.41 Å². The van der Waals surface area contributed by atoms with Crippen molar-refractivity contribution in [3.63, 3.8) is 0 Å². The summed E-state index contributed by atoms with van der Waals surface area (Å²) >= 11 is 0. The molecule has 3 heteroatoms. The van der Waals surface area contributed by atoms with Gasteiger partial charge in [0, 0.05) is 0 Å². The van der Waals surface area contributed by atoms with E-state index in [1.54, 1.807) is 0 Å². The van der Waals surface area contributed by atoms with Crippen molar-refractivity contribution in [2.24, 2.45) is 10.4 Å². The van der Waals surface area contributed by atoms with E-state index in [0.29, 0.717) is 12.5 Å². The Bertz CT molecular complexity index is 647. The van der Waals surface area contributed by atoms with Crippen LogP contribution in [-0.2, 0) is 10.3 Å². The molecule has 0 fully saturated rings. The van der Waals surface area contributed by atoms with E-state index in [0.717, 1.165) is 11.1 Å². The molecule has 0 bridgehead atoms. The van der Waals surface area contributed by atoms with E-state index in [-0.39, 0.29) is 11.5 Å². The van der Waals surface area contributed by atoms with Gasteiger partial charge in [-0.25, -0.2) is 4.99 Å². The molecular formula is C20H23NO2. The molecule has 1 N–H and O–H groups in total. The summed E-state index contributed by atoms with van der Waals surface area (Å²) in [5.41, 5.74) is 0.164. The fourth-order valence-corrected chi connectivity index (χ4v) is 2.79. The number of hydrogen-bond donors (Lipinski definition) is 1. The van der Waals surface area contributed by atoms with Gasteiger partial charge in [0.25, 0.3) is 0 Å². The summed E-state index contributed by atoms with van der Waals surface area (Å²) in [5.74, 6) is 0.384. The third-order valence-corrected chi connectivity index (χ3v) is 4.34. The van der Waals surface area contributed by atoms with Gasteiger partial charge in [0.15, 0.2) is 5.60 Å². The first-order valence-corrected chi connectivity index (χ1v) is 7.97. The minimum atomic E-state index is -1.36. The van der Waals surface area contributed by atoms with E-state index in [1.165, 1.54) is 0 Å². The fourth-order valence-electron chi connectivity index (χ4n) is 2.79. The Hall–Kier alpha value is -2.13. The lowest BCUT2D eigenvalue weighted by molar-refractivity contribution is 0.119. The zero-order valence-electron chi connectivity index (χ0n) is 13.9. The van der Waals surface area contributed by atoms with Crippen molar-refractivity contribution in [2.45, 2.75) is 32.4 Å². The van der Waals surface area contributed by atoms with Gasteiger partial charge < -0.3 is 9.84 Å². The van der Waals surface area contributed by atoms with E-state index in [2.05, 4.69) is 20.8 Å². The summed E-state index contributed by atoms with van der Waals surface area (Å²) in [4.78, 5) is 4.73. The van der Waals surface area contributed by atoms with Crippen LogP contribution in [0.4, 0.5) is 0 Å². The van der Waals surface area contributed by atoms with Crippen LogP contribution >= 0.6 is 0 Å². The Morgan fingerprint density at radius 3 is 1.78 bits per heavy atom. The Kier molecular flexibility index (Phi) is 3.99. The number of rotatable bonds is 3. The highest BCUT2D eigenvalue weighted by molar-refractivity contribution is 5.91. The predicted molar refractivity (Wildman–Crippen MR) is 92.5 cm³/mol. The lowest BCUT2D eigenvalue weighted by Crippen LogP contribution is -2.37. The second-order valence-corrected chi connectivity index (χ2v) is 7.07. The van der Waals surface area contributed by atoms with Gasteiger partial charge in [-0.05, 0) is 16.5 Å². The predicted octanol–water partition coefficient (Wildman–Crippen LogP) is 3.77. The molecule has 0 aromatic heterocycles. The summed E-state index contributed by atoms with van der Waals surface area (Å²) in [5, 5.41) is 11.6. The second kappa shape index (κ2) is 5.82.